The number of hydrogen-bond donors (Lipinski definition) is 0. The van der Waals surface area contributed by atoms with Gasteiger partial charge in [-0.2, -0.15) is 0 Å². The minimum absolute atomic E-state index is 0.215. The molecule has 7 heteroatoms. The fraction of sp³-hybridized carbons (Fsp3) is 0.875. The summed E-state index contributed by atoms with van der Waals surface area (Å²) in [6, 6.07) is 0. The average Bonchev–Trinajstić information content (AvgIpc) is 1.99. The van der Waals surface area contributed by atoms with Crippen LogP contribution < -0.4 is 0 Å². The lowest BCUT2D eigenvalue weighted by molar-refractivity contribution is -0.888. The summed E-state index contributed by atoms with van der Waals surface area (Å²) in [6.07, 6.45) is 0. The molecular formula is C8H17NO5S. The predicted molar refractivity (Wildman–Crippen MR) is 53.0 cm³/mol. The van der Waals surface area contributed by atoms with Gasteiger partial charge in [-0.05, 0) is 0 Å². The second-order valence-corrected chi connectivity index (χ2v) is 5.51. The molecule has 0 saturated heterocycles. The van der Waals surface area contributed by atoms with Crippen molar-refractivity contribution in [3.8, 4) is 0 Å². The molecule has 0 fully saturated rings. The first-order chi connectivity index (χ1) is 6.62. The van der Waals surface area contributed by atoms with Gasteiger partial charge in [-0.3, -0.25) is 4.79 Å². The first kappa shape index (κ1) is 14.3. The summed E-state index contributed by atoms with van der Waals surface area (Å²) in [5, 5.41) is 0. The van der Waals surface area contributed by atoms with E-state index in [1.807, 2.05) is 0 Å². The van der Waals surface area contributed by atoms with Crippen LogP contribution in [0.3, 0.4) is 0 Å². The molecule has 0 N–H and O–H groups in total. The fourth-order valence-corrected chi connectivity index (χ4v) is 1.63. The second-order valence-electron chi connectivity index (χ2n) is 3.98. The quantitative estimate of drug-likeness (QED) is 0.343. The minimum Gasteiger partial charge on any atom is -0.748 e. The van der Waals surface area contributed by atoms with Gasteiger partial charge in [0.2, 0.25) is 0 Å². The van der Waals surface area contributed by atoms with Crippen molar-refractivity contribution < 1.29 is 27.0 Å². The van der Waals surface area contributed by atoms with E-state index in [9.17, 15) is 17.8 Å². The number of quaternary nitrogens is 1. The first-order valence-electron chi connectivity index (χ1n) is 4.51. The predicted octanol–water partition coefficient (Wildman–Crippen LogP) is -0.829. The Labute approximate surface area is 90.2 Å². The molecule has 0 aliphatic heterocycles. The largest absolute Gasteiger partial charge is 0.748 e. The van der Waals surface area contributed by atoms with E-state index in [2.05, 4.69) is 0 Å². The number of rotatable bonds is 6. The first-order valence-corrected chi connectivity index (χ1v) is 6.09. The van der Waals surface area contributed by atoms with Gasteiger partial charge in [0.15, 0.2) is 0 Å². The molecule has 0 aromatic carbocycles. The van der Waals surface area contributed by atoms with Gasteiger partial charge in [0.1, 0.15) is 23.3 Å². The Kier molecular flexibility index (Phi) is 5.19. The monoisotopic (exact) mass is 239 g/mol. The minimum atomic E-state index is -4.17. The van der Waals surface area contributed by atoms with Gasteiger partial charge in [0, 0.05) is 6.92 Å². The maximum absolute atomic E-state index is 10.5. The number of ether oxygens (including phenoxy) is 1. The van der Waals surface area contributed by atoms with Crippen molar-refractivity contribution in [2.75, 3.05) is 39.5 Å². The lowest BCUT2D eigenvalue weighted by atomic mass is 10.4. The maximum Gasteiger partial charge on any atom is 0.302 e. The number of carbonyl (C=O) groups excluding carboxylic acids is 1. The molecule has 0 spiro atoms. The molecule has 0 radical (unpaired) electrons. The van der Waals surface area contributed by atoms with Crippen LogP contribution in [-0.2, 0) is 19.6 Å². The van der Waals surface area contributed by atoms with Crippen LogP contribution in [0.5, 0.6) is 0 Å². The summed E-state index contributed by atoms with van der Waals surface area (Å²) < 4.78 is 36.3. The van der Waals surface area contributed by atoms with E-state index in [1.54, 1.807) is 14.1 Å². The summed E-state index contributed by atoms with van der Waals surface area (Å²) in [5.74, 6) is -0.772. The number of carbonyl (C=O) groups is 1. The molecule has 0 aromatic heterocycles. The summed E-state index contributed by atoms with van der Waals surface area (Å²) in [6.45, 7) is 2.23. The lowest BCUT2D eigenvalue weighted by Gasteiger charge is -2.29. The van der Waals surface area contributed by atoms with Crippen molar-refractivity contribution in [2.24, 2.45) is 0 Å². The van der Waals surface area contributed by atoms with Crippen LogP contribution >= 0.6 is 0 Å². The highest BCUT2D eigenvalue weighted by Crippen LogP contribution is 1.98. The van der Waals surface area contributed by atoms with Crippen LogP contribution in [0.4, 0.5) is 0 Å². The van der Waals surface area contributed by atoms with Crippen molar-refractivity contribution in [2.45, 2.75) is 6.92 Å². The highest BCUT2D eigenvalue weighted by molar-refractivity contribution is 7.85. The van der Waals surface area contributed by atoms with E-state index < -0.39 is 15.9 Å². The van der Waals surface area contributed by atoms with Gasteiger partial charge in [-0.25, -0.2) is 8.42 Å². The zero-order valence-electron chi connectivity index (χ0n) is 9.23. The summed E-state index contributed by atoms with van der Waals surface area (Å²) in [7, 11) is -0.627. The van der Waals surface area contributed by atoms with Gasteiger partial charge in [0.25, 0.3) is 0 Å². The van der Waals surface area contributed by atoms with E-state index >= 15 is 0 Å². The Morgan fingerprint density at radius 3 is 2.27 bits per heavy atom. The van der Waals surface area contributed by atoms with Crippen LogP contribution in [0.25, 0.3) is 0 Å². The molecule has 6 nitrogen and oxygen atoms in total. The highest BCUT2D eigenvalue weighted by Gasteiger charge is 2.16. The number of esters is 1. The SMILES string of the molecule is CC(=O)OCC[N+](C)(C)CCS(=O)(=O)[O-]. The molecule has 15 heavy (non-hydrogen) atoms. The molecular weight excluding hydrogens is 222 g/mol. The van der Waals surface area contributed by atoms with Crippen LogP contribution in [-0.4, -0.2) is 63.0 Å². The summed E-state index contributed by atoms with van der Waals surface area (Å²) in [5.41, 5.74) is 0. The Bertz CT molecular complexity index is 309. The van der Waals surface area contributed by atoms with Crippen molar-refractivity contribution in [3.05, 3.63) is 0 Å². The average molecular weight is 239 g/mol. The zero-order valence-corrected chi connectivity index (χ0v) is 10.0. The molecule has 0 aliphatic rings. The maximum atomic E-state index is 10.5. The zero-order chi connectivity index (χ0) is 12.1. The normalized spacial score (nSPS) is 12.5. The lowest BCUT2D eigenvalue weighted by Crippen LogP contribution is -2.45. The molecule has 0 amide bonds. The molecule has 0 aromatic rings. The van der Waals surface area contributed by atoms with Gasteiger partial charge >= 0.3 is 5.97 Å². The Hall–Kier alpha value is -0.660. The summed E-state index contributed by atoms with van der Waals surface area (Å²) >= 11 is 0. The molecule has 0 atom stereocenters. The van der Waals surface area contributed by atoms with E-state index in [0.717, 1.165) is 0 Å². The fourth-order valence-electron chi connectivity index (χ4n) is 0.907. The topological polar surface area (TPSA) is 83.5 Å². The number of likely N-dealkylation sites (N-methyl/N-ethyl adjacent to an activating group) is 1. The molecule has 0 rings (SSSR count). The number of nitrogens with zero attached hydrogens (tertiary/aromatic N) is 1. The second kappa shape index (κ2) is 5.43. The molecule has 0 unspecified atom stereocenters. The Morgan fingerprint density at radius 1 is 1.33 bits per heavy atom. The molecule has 0 heterocycles. The van der Waals surface area contributed by atoms with Gasteiger partial charge in [0.05, 0.1) is 26.4 Å². The smallest absolute Gasteiger partial charge is 0.302 e. The van der Waals surface area contributed by atoms with Crippen LogP contribution in [0.15, 0.2) is 0 Å². The van der Waals surface area contributed by atoms with Crippen molar-refractivity contribution >= 4 is 16.1 Å². The van der Waals surface area contributed by atoms with Gasteiger partial charge < -0.3 is 13.8 Å². The Balaban J connectivity index is 3.92. The molecule has 0 bridgehead atoms. The molecule has 0 saturated carbocycles. The standard InChI is InChI=1S/C8H17NO5S/c1-8(10)14-6-4-9(2,3)5-7-15(11,12)13/h4-7H2,1-3H3. The highest BCUT2D eigenvalue weighted by atomic mass is 32.2. The van der Waals surface area contributed by atoms with Gasteiger partial charge in [-0.15, -0.1) is 0 Å². The van der Waals surface area contributed by atoms with E-state index in [0.29, 0.717) is 11.0 Å². The van der Waals surface area contributed by atoms with Crippen LogP contribution in [0, 0.1) is 0 Å². The number of hydrogen-bond acceptors (Lipinski definition) is 5. The van der Waals surface area contributed by atoms with Crippen molar-refractivity contribution in [1.82, 2.24) is 0 Å². The van der Waals surface area contributed by atoms with E-state index in [-0.39, 0.29) is 19.1 Å². The molecule has 90 valence electrons. The van der Waals surface area contributed by atoms with Crippen LogP contribution in [0.1, 0.15) is 6.92 Å². The third kappa shape index (κ3) is 9.64. The summed E-state index contributed by atoms with van der Waals surface area (Å²) in [4.78, 5) is 10.5. The van der Waals surface area contributed by atoms with E-state index in [4.69, 9.17) is 4.74 Å². The van der Waals surface area contributed by atoms with Crippen molar-refractivity contribution in [1.29, 1.82) is 0 Å². The van der Waals surface area contributed by atoms with Gasteiger partial charge in [-0.1, -0.05) is 0 Å². The van der Waals surface area contributed by atoms with Crippen molar-refractivity contribution in [3.63, 3.8) is 0 Å². The Morgan fingerprint density at radius 2 is 1.87 bits per heavy atom. The molecule has 0 aliphatic carbocycles. The third-order valence-corrected chi connectivity index (χ3v) is 2.63. The third-order valence-electron chi connectivity index (χ3n) is 1.95. The van der Waals surface area contributed by atoms with Crippen LogP contribution in [0.2, 0.25) is 0 Å². The van der Waals surface area contributed by atoms with E-state index in [1.165, 1.54) is 6.92 Å².